The number of aromatic hydroxyl groups is 1. The fourth-order valence-electron chi connectivity index (χ4n) is 0.993. The van der Waals surface area contributed by atoms with Gasteiger partial charge in [0.1, 0.15) is 11.5 Å². The molecule has 4 heteroatoms. The SMILES string of the molecule is CC[C@@H](C)c1c(O)ncnc1Cl. The molecule has 1 aromatic rings. The van der Waals surface area contributed by atoms with Crippen LogP contribution in [0.1, 0.15) is 31.7 Å². The van der Waals surface area contributed by atoms with Crippen LogP contribution in [0, 0.1) is 0 Å². The van der Waals surface area contributed by atoms with Crippen molar-refractivity contribution in [2.45, 2.75) is 26.2 Å². The molecule has 1 rings (SSSR count). The summed E-state index contributed by atoms with van der Waals surface area (Å²) in [6, 6.07) is 0. The average molecular weight is 187 g/mol. The van der Waals surface area contributed by atoms with E-state index in [0.29, 0.717) is 10.7 Å². The molecule has 1 N–H and O–H groups in total. The van der Waals surface area contributed by atoms with Crippen molar-refractivity contribution in [3.63, 3.8) is 0 Å². The van der Waals surface area contributed by atoms with Gasteiger partial charge in [-0.2, -0.15) is 0 Å². The predicted molar refractivity (Wildman–Crippen MR) is 47.4 cm³/mol. The lowest BCUT2D eigenvalue weighted by Gasteiger charge is -2.10. The fraction of sp³-hybridized carbons (Fsp3) is 0.500. The zero-order valence-electron chi connectivity index (χ0n) is 7.08. The van der Waals surface area contributed by atoms with Gasteiger partial charge < -0.3 is 5.11 Å². The molecule has 0 aliphatic carbocycles. The minimum atomic E-state index is -0.00986. The molecule has 1 atom stereocenters. The van der Waals surface area contributed by atoms with Crippen molar-refractivity contribution in [1.29, 1.82) is 0 Å². The number of hydrogen-bond acceptors (Lipinski definition) is 3. The first-order chi connectivity index (χ1) is 5.66. The Kier molecular flexibility index (Phi) is 2.87. The zero-order chi connectivity index (χ0) is 9.14. The summed E-state index contributed by atoms with van der Waals surface area (Å²) in [5, 5.41) is 9.70. The summed E-state index contributed by atoms with van der Waals surface area (Å²) in [5.74, 6) is 0.183. The van der Waals surface area contributed by atoms with Gasteiger partial charge in [0.25, 0.3) is 0 Å². The van der Waals surface area contributed by atoms with Crippen LogP contribution in [-0.2, 0) is 0 Å². The summed E-state index contributed by atoms with van der Waals surface area (Å²) in [5.41, 5.74) is 0.640. The predicted octanol–water partition coefficient (Wildman–Crippen LogP) is 2.35. The Bertz CT molecular complexity index is 258. The molecule has 0 spiro atoms. The van der Waals surface area contributed by atoms with Crippen molar-refractivity contribution < 1.29 is 5.11 Å². The van der Waals surface area contributed by atoms with Crippen LogP contribution in [0.4, 0.5) is 0 Å². The van der Waals surface area contributed by atoms with E-state index < -0.39 is 0 Å². The van der Waals surface area contributed by atoms with Crippen molar-refractivity contribution in [2.24, 2.45) is 0 Å². The summed E-state index contributed by atoms with van der Waals surface area (Å²) in [6.45, 7) is 4.00. The lowest BCUT2D eigenvalue weighted by atomic mass is 10.0. The minimum Gasteiger partial charge on any atom is -0.493 e. The largest absolute Gasteiger partial charge is 0.493 e. The van der Waals surface area contributed by atoms with E-state index in [9.17, 15) is 5.11 Å². The third-order valence-corrected chi connectivity index (χ3v) is 2.22. The van der Waals surface area contributed by atoms with Crippen molar-refractivity contribution in [3.05, 3.63) is 17.0 Å². The third kappa shape index (κ3) is 1.67. The highest BCUT2D eigenvalue weighted by Crippen LogP contribution is 2.30. The first kappa shape index (κ1) is 9.26. The van der Waals surface area contributed by atoms with Gasteiger partial charge in [0.15, 0.2) is 0 Å². The van der Waals surface area contributed by atoms with Crippen LogP contribution in [-0.4, -0.2) is 15.1 Å². The Morgan fingerprint density at radius 1 is 1.58 bits per heavy atom. The molecule has 0 aliphatic rings. The highest BCUT2D eigenvalue weighted by molar-refractivity contribution is 6.30. The molecule has 0 unspecified atom stereocenters. The zero-order valence-corrected chi connectivity index (χ0v) is 7.84. The number of halogens is 1. The Labute approximate surface area is 76.4 Å². The first-order valence-corrected chi connectivity index (χ1v) is 4.24. The van der Waals surface area contributed by atoms with Gasteiger partial charge >= 0.3 is 0 Å². The summed E-state index contributed by atoms with van der Waals surface area (Å²) < 4.78 is 0. The lowest BCUT2D eigenvalue weighted by Crippen LogP contribution is -1.96. The van der Waals surface area contributed by atoms with E-state index in [1.165, 1.54) is 6.33 Å². The van der Waals surface area contributed by atoms with E-state index in [0.717, 1.165) is 6.42 Å². The molecule has 0 radical (unpaired) electrons. The second-order valence-electron chi connectivity index (χ2n) is 2.71. The normalized spacial score (nSPS) is 12.9. The average Bonchev–Trinajstić information content (AvgIpc) is 2.03. The molecule has 0 saturated heterocycles. The highest BCUT2D eigenvalue weighted by Gasteiger charge is 2.14. The van der Waals surface area contributed by atoms with Crippen molar-refractivity contribution in [3.8, 4) is 5.88 Å². The monoisotopic (exact) mass is 186 g/mol. The molecule has 3 nitrogen and oxygen atoms in total. The van der Waals surface area contributed by atoms with E-state index in [1.807, 2.05) is 13.8 Å². The lowest BCUT2D eigenvalue weighted by molar-refractivity contribution is 0.438. The van der Waals surface area contributed by atoms with Crippen LogP contribution in [0.2, 0.25) is 5.15 Å². The number of hydrogen-bond donors (Lipinski definition) is 1. The standard InChI is InChI=1S/C8H11ClN2O/c1-3-5(2)6-7(9)10-4-11-8(6)12/h4-5H,3H2,1-2H3,(H,10,11,12)/t5-/m1/s1. The molecule has 0 aliphatic heterocycles. The van der Waals surface area contributed by atoms with E-state index in [1.54, 1.807) is 0 Å². The van der Waals surface area contributed by atoms with E-state index >= 15 is 0 Å². The fourth-order valence-corrected chi connectivity index (χ4v) is 1.31. The van der Waals surface area contributed by atoms with Gasteiger partial charge in [0.2, 0.25) is 5.88 Å². The number of rotatable bonds is 2. The summed E-state index contributed by atoms with van der Waals surface area (Å²) in [7, 11) is 0. The molecule has 0 saturated carbocycles. The van der Waals surface area contributed by atoms with Crippen LogP contribution < -0.4 is 0 Å². The van der Waals surface area contributed by atoms with E-state index in [-0.39, 0.29) is 11.8 Å². The molecule has 1 heterocycles. The van der Waals surface area contributed by atoms with Gasteiger partial charge in [-0.25, -0.2) is 9.97 Å². The van der Waals surface area contributed by atoms with Gasteiger partial charge in [-0.1, -0.05) is 25.4 Å². The van der Waals surface area contributed by atoms with Crippen molar-refractivity contribution in [1.82, 2.24) is 9.97 Å². The van der Waals surface area contributed by atoms with Gasteiger partial charge in [0, 0.05) is 0 Å². The molecule has 12 heavy (non-hydrogen) atoms. The quantitative estimate of drug-likeness (QED) is 0.722. The van der Waals surface area contributed by atoms with Gasteiger partial charge in [-0.05, 0) is 12.3 Å². The highest BCUT2D eigenvalue weighted by atomic mass is 35.5. The summed E-state index contributed by atoms with van der Waals surface area (Å²) in [4.78, 5) is 7.47. The molecule has 0 amide bonds. The number of aromatic nitrogens is 2. The maximum absolute atomic E-state index is 9.36. The molecular formula is C8H11ClN2O. The Balaban J connectivity index is 3.12. The molecule has 0 aromatic carbocycles. The maximum Gasteiger partial charge on any atom is 0.218 e. The van der Waals surface area contributed by atoms with Gasteiger partial charge in [-0.15, -0.1) is 0 Å². The van der Waals surface area contributed by atoms with Crippen LogP contribution in [0.5, 0.6) is 5.88 Å². The smallest absolute Gasteiger partial charge is 0.218 e. The third-order valence-electron chi connectivity index (χ3n) is 1.92. The topological polar surface area (TPSA) is 46.0 Å². The van der Waals surface area contributed by atoms with Gasteiger partial charge in [-0.3, -0.25) is 0 Å². The van der Waals surface area contributed by atoms with E-state index in [4.69, 9.17) is 11.6 Å². The van der Waals surface area contributed by atoms with E-state index in [2.05, 4.69) is 9.97 Å². The number of nitrogens with zero attached hydrogens (tertiary/aromatic N) is 2. The Morgan fingerprint density at radius 3 is 2.75 bits per heavy atom. The molecule has 66 valence electrons. The van der Waals surface area contributed by atoms with Crippen molar-refractivity contribution >= 4 is 11.6 Å². The molecule has 0 bridgehead atoms. The van der Waals surface area contributed by atoms with Crippen LogP contribution >= 0.6 is 11.6 Å². The Hall–Kier alpha value is -0.830. The van der Waals surface area contributed by atoms with Crippen LogP contribution in [0.15, 0.2) is 6.33 Å². The van der Waals surface area contributed by atoms with Gasteiger partial charge in [0.05, 0.1) is 5.56 Å². The second kappa shape index (κ2) is 3.72. The molecule has 0 fully saturated rings. The summed E-state index contributed by atoms with van der Waals surface area (Å²) in [6.07, 6.45) is 2.16. The van der Waals surface area contributed by atoms with Crippen LogP contribution in [0.3, 0.4) is 0 Å². The molecular weight excluding hydrogens is 176 g/mol. The second-order valence-corrected chi connectivity index (χ2v) is 3.07. The Morgan fingerprint density at radius 2 is 2.25 bits per heavy atom. The first-order valence-electron chi connectivity index (χ1n) is 3.86. The van der Waals surface area contributed by atoms with Crippen molar-refractivity contribution in [2.75, 3.05) is 0 Å². The van der Waals surface area contributed by atoms with Crippen LogP contribution in [0.25, 0.3) is 0 Å². The summed E-state index contributed by atoms with van der Waals surface area (Å²) >= 11 is 5.79. The minimum absolute atomic E-state index is 0.00986. The molecule has 1 aromatic heterocycles. The maximum atomic E-state index is 9.36.